The Morgan fingerprint density at radius 2 is 1.88 bits per heavy atom. The average Bonchev–Trinajstić information content (AvgIpc) is 2.25. The average molecular weight is 264 g/mol. The van der Waals surface area contributed by atoms with Crippen LogP contribution in [0.4, 0.5) is 4.79 Å². The third-order valence-electron chi connectivity index (χ3n) is 1.97. The second-order valence-electron chi connectivity index (χ2n) is 3.38. The van der Waals surface area contributed by atoms with Gasteiger partial charge in [-0.05, 0) is 20.8 Å². The Morgan fingerprint density at radius 3 is 2.29 bits per heavy atom. The van der Waals surface area contributed by atoms with E-state index < -0.39 is 17.3 Å². The maximum absolute atomic E-state index is 11.6. The molecule has 0 aliphatic carbocycles. The first-order valence-corrected chi connectivity index (χ1v) is 5.86. The van der Waals surface area contributed by atoms with Gasteiger partial charge in [0.2, 0.25) is 11.8 Å². The minimum absolute atomic E-state index is 0.0832. The van der Waals surface area contributed by atoms with Crippen molar-refractivity contribution in [3.05, 3.63) is 0 Å². The number of alkyl halides is 1. The van der Waals surface area contributed by atoms with Crippen molar-refractivity contribution in [3.63, 3.8) is 0 Å². The van der Waals surface area contributed by atoms with Crippen molar-refractivity contribution < 1.29 is 14.4 Å². The van der Waals surface area contributed by atoms with Gasteiger partial charge >= 0.3 is 6.03 Å². The minimum Gasteiger partial charge on any atom is -0.355 e. The number of urea groups is 1. The number of amides is 4. The van der Waals surface area contributed by atoms with Crippen LogP contribution in [0.5, 0.6) is 0 Å². The molecule has 1 unspecified atom stereocenters. The minimum atomic E-state index is -0.790. The first kappa shape index (κ1) is 15.7. The zero-order valence-corrected chi connectivity index (χ0v) is 11.0. The van der Waals surface area contributed by atoms with Crippen molar-refractivity contribution in [1.82, 2.24) is 15.5 Å². The zero-order valence-electron chi connectivity index (χ0n) is 10.2. The van der Waals surface area contributed by atoms with Crippen molar-refractivity contribution >= 4 is 29.4 Å². The number of carbonyl (C=O) groups is 3. The van der Waals surface area contributed by atoms with Crippen LogP contribution in [0, 0.1) is 0 Å². The highest BCUT2D eigenvalue weighted by molar-refractivity contribution is 6.31. The quantitative estimate of drug-likeness (QED) is 0.701. The smallest absolute Gasteiger partial charge is 0.324 e. The molecule has 1 atom stereocenters. The Hall–Kier alpha value is -1.30. The van der Waals surface area contributed by atoms with Crippen molar-refractivity contribution in [1.29, 1.82) is 0 Å². The SMILES string of the molecule is CCNC(=O)CN(CC)C(=O)NC(=O)C(C)Cl. The van der Waals surface area contributed by atoms with E-state index in [1.807, 2.05) is 0 Å². The summed E-state index contributed by atoms with van der Waals surface area (Å²) in [7, 11) is 0. The normalized spacial score (nSPS) is 11.5. The molecule has 0 aromatic carbocycles. The largest absolute Gasteiger partial charge is 0.355 e. The molecule has 0 aliphatic heterocycles. The Morgan fingerprint density at radius 1 is 1.29 bits per heavy atom. The lowest BCUT2D eigenvalue weighted by Crippen LogP contribution is -2.48. The van der Waals surface area contributed by atoms with Crippen LogP contribution >= 0.6 is 11.6 Å². The van der Waals surface area contributed by atoms with Crippen molar-refractivity contribution in [3.8, 4) is 0 Å². The van der Waals surface area contributed by atoms with E-state index in [1.54, 1.807) is 13.8 Å². The number of nitrogens with one attached hydrogen (secondary N) is 2. The number of nitrogens with zero attached hydrogens (tertiary/aromatic N) is 1. The number of hydrogen-bond acceptors (Lipinski definition) is 3. The monoisotopic (exact) mass is 263 g/mol. The first-order chi connectivity index (χ1) is 7.92. The van der Waals surface area contributed by atoms with E-state index >= 15 is 0 Å². The Bertz CT molecular complexity index is 295. The third kappa shape index (κ3) is 6.11. The van der Waals surface area contributed by atoms with Gasteiger partial charge in [-0.15, -0.1) is 11.6 Å². The standard InChI is InChI=1S/C10H18ClN3O3/c1-4-12-8(15)6-14(5-2)10(17)13-9(16)7(3)11/h7H,4-6H2,1-3H3,(H,12,15)(H,13,16,17). The van der Waals surface area contributed by atoms with Crippen LogP contribution < -0.4 is 10.6 Å². The summed E-state index contributed by atoms with van der Waals surface area (Å²) in [4.78, 5) is 35.3. The number of likely N-dealkylation sites (N-methyl/N-ethyl adjacent to an activating group) is 2. The number of rotatable bonds is 5. The van der Waals surface area contributed by atoms with E-state index in [9.17, 15) is 14.4 Å². The fourth-order valence-corrected chi connectivity index (χ4v) is 1.09. The molecule has 0 bridgehead atoms. The molecule has 0 fully saturated rings. The molecular formula is C10H18ClN3O3. The van der Waals surface area contributed by atoms with Gasteiger partial charge in [-0.25, -0.2) is 4.79 Å². The van der Waals surface area contributed by atoms with Crippen LogP contribution in [0.2, 0.25) is 0 Å². The molecule has 0 aromatic rings. The summed E-state index contributed by atoms with van der Waals surface area (Å²) < 4.78 is 0. The first-order valence-electron chi connectivity index (χ1n) is 5.42. The number of imide groups is 1. The van der Waals surface area contributed by atoms with Gasteiger partial charge in [-0.2, -0.15) is 0 Å². The van der Waals surface area contributed by atoms with Gasteiger partial charge in [0, 0.05) is 13.1 Å². The molecule has 17 heavy (non-hydrogen) atoms. The topological polar surface area (TPSA) is 78.5 Å². The highest BCUT2D eigenvalue weighted by Gasteiger charge is 2.19. The Kier molecular flexibility index (Phi) is 7.29. The van der Waals surface area contributed by atoms with Crippen LogP contribution in [-0.2, 0) is 9.59 Å². The van der Waals surface area contributed by atoms with E-state index in [0.29, 0.717) is 13.1 Å². The molecule has 0 radical (unpaired) electrons. The summed E-state index contributed by atoms with van der Waals surface area (Å²) >= 11 is 5.51. The molecule has 7 heteroatoms. The van der Waals surface area contributed by atoms with Crippen LogP contribution in [0.25, 0.3) is 0 Å². The molecule has 0 aromatic heterocycles. The third-order valence-corrected chi connectivity index (χ3v) is 2.17. The van der Waals surface area contributed by atoms with Gasteiger partial charge in [0.15, 0.2) is 0 Å². The van der Waals surface area contributed by atoms with Crippen LogP contribution in [0.1, 0.15) is 20.8 Å². The highest BCUT2D eigenvalue weighted by Crippen LogP contribution is 1.95. The Balaban J connectivity index is 4.31. The van der Waals surface area contributed by atoms with Gasteiger partial charge in [0.1, 0.15) is 11.9 Å². The summed E-state index contributed by atoms with van der Waals surface area (Å²) in [6.45, 7) is 5.70. The van der Waals surface area contributed by atoms with Gasteiger partial charge in [0.05, 0.1) is 0 Å². The molecular weight excluding hydrogens is 246 g/mol. The zero-order chi connectivity index (χ0) is 13.4. The molecule has 4 amide bonds. The molecule has 2 N–H and O–H groups in total. The lowest BCUT2D eigenvalue weighted by atomic mass is 10.4. The molecule has 0 saturated heterocycles. The van der Waals surface area contributed by atoms with Crippen molar-refractivity contribution in [2.45, 2.75) is 26.1 Å². The maximum atomic E-state index is 11.6. The van der Waals surface area contributed by atoms with Crippen LogP contribution in [0.3, 0.4) is 0 Å². The molecule has 0 heterocycles. The molecule has 98 valence electrons. The van der Waals surface area contributed by atoms with Crippen molar-refractivity contribution in [2.75, 3.05) is 19.6 Å². The number of halogens is 1. The van der Waals surface area contributed by atoms with E-state index in [1.165, 1.54) is 11.8 Å². The summed E-state index contributed by atoms with van der Waals surface area (Å²) in [5.74, 6) is -0.845. The van der Waals surface area contributed by atoms with Gasteiger partial charge in [-0.1, -0.05) is 0 Å². The summed E-state index contributed by atoms with van der Waals surface area (Å²) in [5, 5.41) is 3.89. The van der Waals surface area contributed by atoms with Crippen molar-refractivity contribution in [2.24, 2.45) is 0 Å². The second kappa shape index (κ2) is 7.89. The maximum Gasteiger partial charge on any atom is 0.324 e. The summed E-state index contributed by atoms with van der Waals surface area (Å²) in [6.07, 6.45) is 0. The lowest BCUT2D eigenvalue weighted by Gasteiger charge is -2.20. The van der Waals surface area contributed by atoms with Crippen LogP contribution in [0.15, 0.2) is 0 Å². The summed E-state index contributed by atoms with van der Waals surface area (Å²) in [5.41, 5.74) is 0. The van der Waals surface area contributed by atoms with E-state index in [-0.39, 0.29) is 12.5 Å². The molecule has 0 aliphatic rings. The molecule has 6 nitrogen and oxygen atoms in total. The predicted molar refractivity (Wildman–Crippen MR) is 64.8 cm³/mol. The van der Waals surface area contributed by atoms with E-state index in [4.69, 9.17) is 11.6 Å². The second-order valence-corrected chi connectivity index (χ2v) is 4.03. The fraction of sp³-hybridized carbons (Fsp3) is 0.700. The van der Waals surface area contributed by atoms with Gasteiger partial charge in [0.25, 0.3) is 0 Å². The fourth-order valence-electron chi connectivity index (χ4n) is 1.04. The molecule has 0 spiro atoms. The van der Waals surface area contributed by atoms with E-state index in [0.717, 1.165) is 0 Å². The van der Waals surface area contributed by atoms with Crippen LogP contribution in [-0.4, -0.2) is 47.8 Å². The molecule has 0 rings (SSSR count). The van der Waals surface area contributed by atoms with Gasteiger partial charge in [-0.3, -0.25) is 14.9 Å². The highest BCUT2D eigenvalue weighted by atomic mass is 35.5. The number of carbonyl (C=O) groups excluding carboxylic acids is 3. The predicted octanol–water partition coefficient (Wildman–Crippen LogP) is 0.308. The van der Waals surface area contributed by atoms with Gasteiger partial charge < -0.3 is 10.2 Å². The Labute approximate surface area is 106 Å². The van der Waals surface area contributed by atoms with E-state index in [2.05, 4.69) is 10.6 Å². The molecule has 0 saturated carbocycles. The summed E-state index contributed by atoms with van der Waals surface area (Å²) in [6, 6.07) is -0.615. The number of hydrogen-bond donors (Lipinski definition) is 2. The lowest BCUT2D eigenvalue weighted by molar-refractivity contribution is -0.122.